The number of thiazole rings is 1. The standard InChI is InChI=1S/C19H26N4OS/c1-2-15(13-23-10-6-3-7-11-23)21-18(24)12-16-14-25-19(22-16)17-8-4-5-9-20-17/h4-5,8-9,14-15H,2-3,6-7,10-13H2,1H3,(H,21,24). The number of rotatable bonds is 7. The molecule has 2 aromatic heterocycles. The lowest BCUT2D eigenvalue weighted by Crippen LogP contribution is -2.45. The monoisotopic (exact) mass is 358 g/mol. The van der Waals surface area contributed by atoms with Gasteiger partial charge in [0.05, 0.1) is 17.8 Å². The number of carbonyl (C=O) groups is 1. The number of carbonyl (C=O) groups excluding carboxylic acids is 1. The molecule has 3 rings (SSSR count). The van der Waals surface area contributed by atoms with Gasteiger partial charge in [-0.05, 0) is 44.5 Å². The highest BCUT2D eigenvalue weighted by atomic mass is 32.1. The molecule has 1 saturated heterocycles. The first-order valence-corrected chi connectivity index (χ1v) is 10.00. The van der Waals surface area contributed by atoms with Gasteiger partial charge in [-0.15, -0.1) is 11.3 Å². The molecule has 1 N–H and O–H groups in total. The number of aromatic nitrogens is 2. The Balaban J connectivity index is 1.52. The third-order valence-corrected chi connectivity index (χ3v) is 5.48. The minimum atomic E-state index is 0.0572. The van der Waals surface area contributed by atoms with E-state index < -0.39 is 0 Å². The quantitative estimate of drug-likeness (QED) is 0.826. The molecule has 1 aliphatic rings. The lowest BCUT2D eigenvalue weighted by molar-refractivity contribution is -0.121. The van der Waals surface area contributed by atoms with Crippen LogP contribution in [0.5, 0.6) is 0 Å². The van der Waals surface area contributed by atoms with Crippen molar-refractivity contribution < 1.29 is 4.79 Å². The van der Waals surface area contributed by atoms with E-state index in [9.17, 15) is 4.79 Å². The van der Waals surface area contributed by atoms with Crippen LogP contribution in [0.2, 0.25) is 0 Å². The van der Waals surface area contributed by atoms with Crippen molar-refractivity contribution in [1.29, 1.82) is 0 Å². The van der Waals surface area contributed by atoms with Crippen molar-refractivity contribution in [2.24, 2.45) is 0 Å². The lowest BCUT2D eigenvalue weighted by atomic mass is 10.1. The molecule has 0 saturated carbocycles. The van der Waals surface area contributed by atoms with E-state index in [-0.39, 0.29) is 11.9 Å². The van der Waals surface area contributed by atoms with E-state index in [0.717, 1.165) is 42.5 Å². The summed E-state index contributed by atoms with van der Waals surface area (Å²) in [5, 5.41) is 6.00. The highest BCUT2D eigenvalue weighted by Crippen LogP contribution is 2.21. The smallest absolute Gasteiger partial charge is 0.226 e. The maximum atomic E-state index is 12.4. The van der Waals surface area contributed by atoms with Gasteiger partial charge in [-0.25, -0.2) is 4.98 Å². The highest BCUT2D eigenvalue weighted by Gasteiger charge is 2.18. The van der Waals surface area contributed by atoms with Crippen LogP contribution in [-0.2, 0) is 11.2 Å². The van der Waals surface area contributed by atoms with Crippen LogP contribution in [0.15, 0.2) is 29.8 Å². The van der Waals surface area contributed by atoms with Crippen LogP contribution >= 0.6 is 11.3 Å². The maximum Gasteiger partial charge on any atom is 0.226 e. The summed E-state index contributed by atoms with van der Waals surface area (Å²) in [5.41, 5.74) is 1.67. The average molecular weight is 359 g/mol. The minimum absolute atomic E-state index is 0.0572. The number of pyridine rings is 1. The van der Waals surface area contributed by atoms with Crippen molar-refractivity contribution in [2.75, 3.05) is 19.6 Å². The van der Waals surface area contributed by atoms with Crippen LogP contribution in [0.4, 0.5) is 0 Å². The molecule has 3 heterocycles. The van der Waals surface area contributed by atoms with Gasteiger partial charge in [-0.2, -0.15) is 0 Å². The van der Waals surface area contributed by atoms with Crippen molar-refractivity contribution in [3.05, 3.63) is 35.5 Å². The molecule has 0 radical (unpaired) electrons. The van der Waals surface area contributed by atoms with E-state index in [4.69, 9.17) is 0 Å². The molecule has 6 heteroatoms. The zero-order chi connectivity index (χ0) is 17.5. The zero-order valence-electron chi connectivity index (χ0n) is 14.8. The molecule has 25 heavy (non-hydrogen) atoms. The van der Waals surface area contributed by atoms with Crippen LogP contribution in [0.25, 0.3) is 10.7 Å². The van der Waals surface area contributed by atoms with Gasteiger partial charge in [0.2, 0.25) is 5.91 Å². The first-order chi connectivity index (χ1) is 12.2. The summed E-state index contributed by atoms with van der Waals surface area (Å²) >= 11 is 1.54. The van der Waals surface area contributed by atoms with Crippen molar-refractivity contribution in [2.45, 2.75) is 45.1 Å². The fourth-order valence-corrected chi connectivity index (χ4v) is 3.96. The molecule has 5 nitrogen and oxygen atoms in total. The van der Waals surface area contributed by atoms with E-state index in [2.05, 4.69) is 27.1 Å². The van der Waals surface area contributed by atoms with Gasteiger partial charge in [-0.3, -0.25) is 9.78 Å². The summed E-state index contributed by atoms with van der Waals surface area (Å²) in [6.45, 7) is 5.41. The van der Waals surface area contributed by atoms with E-state index in [1.165, 1.54) is 30.6 Å². The fourth-order valence-electron chi connectivity index (χ4n) is 3.17. The summed E-state index contributed by atoms with van der Waals surface area (Å²) in [6.07, 6.45) is 6.94. The number of hydrogen-bond acceptors (Lipinski definition) is 5. The fraction of sp³-hybridized carbons (Fsp3) is 0.526. The second-order valence-corrected chi connectivity index (χ2v) is 7.43. The SMILES string of the molecule is CCC(CN1CCCCC1)NC(=O)Cc1csc(-c2ccccn2)n1. The Morgan fingerprint density at radius 1 is 1.32 bits per heavy atom. The normalized spacial score (nSPS) is 16.5. The predicted octanol–water partition coefficient (Wildman–Crippen LogP) is 3.13. The van der Waals surface area contributed by atoms with E-state index in [0.29, 0.717) is 6.42 Å². The predicted molar refractivity (Wildman–Crippen MR) is 102 cm³/mol. The zero-order valence-corrected chi connectivity index (χ0v) is 15.6. The van der Waals surface area contributed by atoms with Gasteiger partial charge in [0.1, 0.15) is 5.01 Å². The molecular weight excluding hydrogens is 332 g/mol. The molecule has 1 unspecified atom stereocenters. The van der Waals surface area contributed by atoms with Gasteiger partial charge in [0.15, 0.2) is 0 Å². The lowest BCUT2D eigenvalue weighted by Gasteiger charge is -2.30. The largest absolute Gasteiger partial charge is 0.352 e. The molecule has 2 aromatic rings. The molecule has 134 valence electrons. The molecule has 0 aliphatic carbocycles. The van der Waals surface area contributed by atoms with Gasteiger partial charge in [-0.1, -0.05) is 19.4 Å². The Bertz CT molecular complexity index is 667. The minimum Gasteiger partial charge on any atom is -0.352 e. The summed E-state index contributed by atoms with van der Waals surface area (Å²) in [4.78, 5) is 23.7. The average Bonchev–Trinajstić information content (AvgIpc) is 3.11. The second kappa shape index (κ2) is 9.06. The number of nitrogens with one attached hydrogen (secondary N) is 1. The first kappa shape index (κ1) is 18.0. The third kappa shape index (κ3) is 5.34. The summed E-state index contributed by atoms with van der Waals surface area (Å²) in [5.74, 6) is 0.0572. The number of piperidine rings is 1. The number of amides is 1. The van der Waals surface area contributed by atoms with Gasteiger partial charge >= 0.3 is 0 Å². The topological polar surface area (TPSA) is 58.1 Å². The van der Waals surface area contributed by atoms with Crippen LogP contribution in [-0.4, -0.2) is 46.5 Å². The van der Waals surface area contributed by atoms with E-state index >= 15 is 0 Å². The van der Waals surface area contributed by atoms with Crippen molar-refractivity contribution >= 4 is 17.2 Å². The Kier molecular flexibility index (Phi) is 6.53. The molecule has 1 fully saturated rings. The first-order valence-electron chi connectivity index (χ1n) is 9.12. The van der Waals surface area contributed by atoms with E-state index in [1.54, 1.807) is 6.20 Å². The van der Waals surface area contributed by atoms with Crippen molar-refractivity contribution in [1.82, 2.24) is 20.2 Å². The molecule has 0 bridgehead atoms. The highest BCUT2D eigenvalue weighted by molar-refractivity contribution is 7.13. The van der Waals surface area contributed by atoms with Gasteiger partial charge in [0.25, 0.3) is 0 Å². The van der Waals surface area contributed by atoms with Crippen LogP contribution in [0, 0.1) is 0 Å². The van der Waals surface area contributed by atoms with Crippen LogP contribution in [0.3, 0.4) is 0 Å². The Labute approximate surface area is 153 Å². The summed E-state index contributed by atoms with van der Waals surface area (Å²) < 4.78 is 0. The number of nitrogens with zero attached hydrogens (tertiary/aromatic N) is 3. The van der Waals surface area contributed by atoms with E-state index in [1.807, 2.05) is 23.6 Å². The molecule has 1 aliphatic heterocycles. The molecule has 1 atom stereocenters. The van der Waals surface area contributed by atoms with Gasteiger partial charge < -0.3 is 10.2 Å². The van der Waals surface area contributed by atoms with Gasteiger partial charge in [0, 0.05) is 24.2 Å². The number of hydrogen-bond donors (Lipinski definition) is 1. The van der Waals surface area contributed by atoms with Crippen molar-refractivity contribution in [3.8, 4) is 10.7 Å². The Morgan fingerprint density at radius 3 is 2.88 bits per heavy atom. The Morgan fingerprint density at radius 2 is 2.16 bits per heavy atom. The molecule has 0 spiro atoms. The summed E-state index contributed by atoms with van der Waals surface area (Å²) in [7, 11) is 0. The van der Waals surface area contributed by atoms with Crippen LogP contribution in [0.1, 0.15) is 38.3 Å². The summed E-state index contributed by atoms with van der Waals surface area (Å²) in [6, 6.07) is 6.00. The maximum absolute atomic E-state index is 12.4. The molecule has 0 aromatic carbocycles. The third-order valence-electron chi connectivity index (χ3n) is 4.56. The number of likely N-dealkylation sites (tertiary alicyclic amines) is 1. The molecule has 1 amide bonds. The second-order valence-electron chi connectivity index (χ2n) is 6.57. The van der Waals surface area contributed by atoms with Crippen LogP contribution < -0.4 is 5.32 Å². The van der Waals surface area contributed by atoms with Crippen molar-refractivity contribution in [3.63, 3.8) is 0 Å². The Hall–Kier alpha value is -1.79. The molecular formula is C19H26N4OS.